The summed E-state index contributed by atoms with van der Waals surface area (Å²) in [6, 6.07) is 0. The van der Waals surface area contributed by atoms with E-state index in [1.54, 1.807) is 6.20 Å². The zero-order chi connectivity index (χ0) is 9.68. The molecule has 70 valence electrons. The Balaban J connectivity index is 3.01. The van der Waals surface area contributed by atoms with Crippen molar-refractivity contribution in [2.75, 3.05) is 0 Å². The molecule has 1 aliphatic rings. The van der Waals surface area contributed by atoms with Gasteiger partial charge in [0.2, 0.25) is 0 Å². The van der Waals surface area contributed by atoms with Crippen LogP contribution in [-0.4, -0.2) is 5.71 Å². The van der Waals surface area contributed by atoms with Crippen molar-refractivity contribution in [3.05, 3.63) is 36.6 Å². The first-order chi connectivity index (χ1) is 6.33. The Morgan fingerprint density at radius 3 is 2.77 bits per heavy atom. The van der Waals surface area contributed by atoms with Crippen molar-refractivity contribution < 1.29 is 0 Å². The third-order valence-electron chi connectivity index (χ3n) is 2.45. The Kier molecular flexibility index (Phi) is 3.69. The molecule has 1 rings (SSSR count). The highest BCUT2D eigenvalue weighted by Gasteiger charge is 2.16. The van der Waals surface area contributed by atoms with Crippen LogP contribution >= 0.6 is 0 Å². The van der Waals surface area contributed by atoms with Crippen LogP contribution in [0.25, 0.3) is 0 Å². The van der Waals surface area contributed by atoms with Crippen molar-refractivity contribution in [3.8, 4) is 0 Å². The van der Waals surface area contributed by atoms with Gasteiger partial charge in [0.1, 0.15) is 0 Å². The Morgan fingerprint density at radius 2 is 2.23 bits per heavy atom. The average Bonchev–Trinajstić information content (AvgIpc) is 2.57. The lowest BCUT2D eigenvalue weighted by Gasteiger charge is -2.04. The summed E-state index contributed by atoms with van der Waals surface area (Å²) in [7, 11) is 0. The van der Waals surface area contributed by atoms with E-state index in [1.165, 1.54) is 23.3 Å². The van der Waals surface area contributed by atoms with Gasteiger partial charge >= 0.3 is 0 Å². The summed E-state index contributed by atoms with van der Waals surface area (Å²) in [5.74, 6) is 0. The largest absolute Gasteiger partial charge is 0.262 e. The van der Waals surface area contributed by atoms with E-state index >= 15 is 0 Å². The van der Waals surface area contributed by atoms with E-state index in [4.69, 9.17) is 0 Å². The van der Waals surface area contributed by atoms with Crippen LogP contribution in [0.4, 0.5) is 0 Å². The van der Waals surface area contributed by atoms with Gasteiger partial charge < -0.3 is 0 Å². The first-order valence-corrected chi connectivity index (χ1v) is 4.85. The molecule has 0 atom stereocenters. The normalized spacial score (nSPS) is 23.3. The van der Waals surface area contributed by atoms with Crippen molar-refractivity contribution in [2.45, 2.75) is 32.6 Å². The van der Waals surface area contributed by atoms with E-state index < -0.39 is 0 Å². The van der Waals surface area contributed by atoms with E-state index in [9.17, 15) is 0 Å². The van der Waals surface area contributed by atoms with Crippen molar-refractivity contribution >= 4 is 5.71 Å². The predicted molar refractivity (Wildman–Crippen MR) is 59.0 cm³/mol. The zero-order valence-corrected chi connectivity index (χ0v) is 8.34. The Bertz CT molecular complexity index is 269. The molecule has 0 N–H and O–H groups in total. The zero-order valence-electron chi connectivity index (χ0n) is 8.34. The van der Waals surface area contributed by atoms with Crippen molar-refractivity contribution in [1.82, 2.24) is 0 Å². The SMILES string of the molecule is C=CN=C1CCC/C1=C(/C=C)CC. The van der Waals surface area contributed by atoms with E-state index in [0.29, 0.717) is 0 Å². The molecule has 0 aromatic heterocycles. The summed E-state index contributed by atoms with van der Waals surface area (Å²) < 4.78 is 0. The molecule has 0 unspecified atom stereocenters. The first kappa shape index (κ1) is 9.97. The Labute approximate surface area is 80.6 Å². The third-order valence-corrected chi connectivity index (χ3v) is 2.45. The molecule has 0 spiro atoms. The summed E-state index contributed by atoms with van der Waals surface area (Å²) in [5.41, 5.74) is 3.96. The fourth-order valence-corrected chi connectivity index (χ4v) is 1.81. The monoisotopic (exact) mass is 175 g/mol. The second kappa shape index (κ2) is 4.80. The number of allylic oxidation sites excluding steroid dienone is 3. The molecule has 0 aromatic rings. The summed E-state index contributed by atoms with van der Waals surface area (Å²) in [5, 5.41) is 0. The number of hydrogen-bond donors (Lipinski definition) is 0. The maximum absolute atomic E-state index is 4.30. The summed E-state index contributed by atoms with van der Waals surface area (Å²) in [6.07, 6.45) is 8.12. The number of aliphatic imine (C=N–C) groups is 1. The lowest BCUT2D eigenvalue weighted by Crippen LogP contribution is -1.96. The Hall–Kier alpha value is -1.11. The maximum atomic E-state index is 4.30. The average molecular weight is 175 g/mol. The predicted octanol–water partition coefficient (Wildman–Crippen LogP) is 3.65. The summed E-state index contributed by atoms with van der Waals surface area (Å²) in [6.45, 7) is 9.63. The molecular weight excluding hydrogens is 158 g/mol. The summed E-state index contributed by atoms with van der Waals surface area (Å²) >= 11 is 0. The van der Waals surface area contributed by atoms with E-state index in [2.05, 4.69) is 25.1 Å². The van der Waals surface area contributed by atoms with Crippen LogP contribution in [0.2, 0.25) is 0 Å². The molecule has 0 aromatic carbocycles. The summed E-state index contributed by atoms with van der Waals surface area (Å²) in [4.78, 5) is 4.30. The van der Waals surface area contributed by atoms with Gasteiger partial charge in [0.15, 0.2) is 0 Å². The molecule has 0 aliphatic heterocycles. The lowest BCUT2D eigenvalue weighted by molar-refractivity contribution is 0.935. The van der Waals surface area contributed by atoms with E-state index in [0.717, 1.165) is 19.3 Å². The molecule has 1 saturated carbocycles. The van der Waals surface area contributed by atoms with Crippen LogP contribution < -0.4 is 0 Å². The number of hydrogen-bond acceptors (Lipinski definition) is 1. The molecule has 1 heteroatoms. The second-order valence-corrected chi connectivity index (χ2v) is 3.17. The fourth-order valence-electron chi connectivity index (χ4n) is 1.81. The molecule has 0 radical (unpaired) electrons. The van der Waals surface area contributed by atoms with Crippen LogP contribution in [0.5, 0.6) is 0 Å². The van der Waals surface area contributed by atoms with Crippen molar-refractivity contribution in [3.63, 3.8) is 0 Å². The highest BCUT2D eigenvalue weighted by atomic mass is 14.7. The molecule has 0 bridgehead atoms. The highest BCUT2D eigenvalue weighted by molar-refractivity contribution is 6.03. The van der Waals surface area contributed by atoms with Crippen LogP contribution in [0.1, 0.15) is 32.6 Å². The number of nitrogens with zero attached hydrogens (tertiary/aromatic N) is 1. The fraction of sp³-hybridized carbons (Fsp3) is 0.417. The standard InChI is InChI=1S/C12H17N/c1-4-10(5-2)11-8-7-9-12(11)13-6-3/h4,6H,1,3,5,7-9H2,2H3/b11-10+,13-12?. The minimum absolute atomic E-state index is 1.05. The van der Waals surface area contributed by atoms with Gasteiger partial charge in [-0.05, 0) is 36.8 Å². The van der Waals surface area contributed by atoms with E-state index in [-0.39, 0.29) is 0 Å². The van der Waals surface area contributed by atoms with Crippen LogP contribution in [-0.2, 0) is 0 Å². The van der Waals surface area contributed by atoms with Crippen LogP contribution in [0.3, 0.4) is 0 Å². The quantitative estimate of drug-likeness (QED) is 0.621. The van der Waals surface area contributed by atoms with Crippen LogP contribution in [0.15, 0.2) is 41.6 Å². The van der Waals surface area contributed by atoms with Gasteiger partial charge in [0.05, 0.1) is 0 Å². The number of rotatable bonds is 3. The van der Waals surface area contributed by atoms with Gasteiger partial charge in [0, 0.05) is 11.9 Å². The first-order valence-electron chi connectivity index (χ1n) is 4.85. The molecule has 0 heterocycles. The topological polar surface area (TPSA) is 12.4 Å². The highest BCUT2D eigenvalue weighted by Crippen LogP contribution is 2.26. The smallest absolute Gasteiger partial charge is 0.0438 e. The third kappa shape index (κ3) is 2.18. The maximum Gasteiger partial charge on any atom is 0.0438 e. The van der Waals surface area contributed by atoms with Gasteiger partial charge in [-0.1, -0.05) is 26.2 Å². The van der Waals surface area contributed by atoms with Gasteiger partial charge in [-0.2, -0.15) is 0 Å². The van der Waals surface area contributed by atoms with Gasteiger partial charge in [-0.15, -0.1) is 0 Å². The minimum Gasteiger partial charge on any atom is -0.262 e. The minimum atomic E-state index is 1.05. The molecule has 1 nitrogen and oxygen atoms in total. The molecule has 13 heavy (non-hydrogen) atoms. The molecule has 0 amide bonds. The molecule has 1 fully saturated rings. The molecule has 0 saturated heterocycles. The van der Waals surface area contributed by atoms with Crippen LogP contribution in [0, 0.1) is 0 Å². The second-order valence-electron chi connectivity index (χ2n) is 3.17. The van der Waals surface area contributed by atoms with Gasteiger partial charge in [-0.25, -0.2) is 0 Å². The molecular formula is C12H17N. The molecule has 1 aliphatic carbocycles. The Morgan fingerprint density at radius 1 is 1.46 bits per heavy atom. The van der Waals surface area contributed by atoms with E-state index in [1.807, 2.05) is 6.08 Å². The van der Waals surface area contributed by atoms with Gasteiger partial charge in [0.25, 0.3) is 0 Å². The van der Waals surface area contributed by atoms with Crippen molar-refractivity contribution in [1.29, 1.82) is 0 Å². The van der Waals surface area contributed by atoms with Gasteiger partial charge in [-0.3, -0.25) is 4.99 Å². The lowest BCUT2D eigenvalue weighted by atomic mass is 10.0. The van der Waals surface area contributed by atoms with Crippen molar-refractivity contribution in [2.24, 2.45) is 4.99 Å².